The largest absolute Gasteiger partial charge is 0.399 e. The Morgan fingerprint density at radius 3 is 2.46 bits per heavy atom. The second kappa shape index (κ2) is 8.52. The van der Waals surface area contributed by atoms with E-state index in [9.17, 15) is 9.59 Å². The molecule has 0 aliphatic carbocycles. The summed E-state index contributed by atoms with van der Waals surface area (Å²) in [6.07, 6.45) is 4.35. The van der Waals surface area contributed by atoms with Crippen LogP contribution >= 0.6 is 0 Å². The summed E-state index contributed by atoms with van der Waals surface area (Å²) in [4.78, 5) is 26.7. The van der Waals surface area contributed by atoms with E-state index in [1.165, 1.54) is 6.42 Å². The van der Waals surface area contributed by atoms with Gasteiger partial charge >= 0.3 is 0 Å². The molecule has 3 rings (SSSR count). The molecule has 0 spiro atoms. The van der Waals surface area contributed by atoms with E-state index in [4.69, 9.17) is 5.73 Å². The number of likely N-dealkylation sites (tertiary alicyclic amines) is 1. The second-order valence-electron chi connectivity index (χ2n) is 6.72. The smallest absolute Gasteiger partial charge is 0.253 e. The molecule has 1 saturated heterocycles. The first-order valence-corrected chi connectivity index (χ1v) is 9.15. The topological polar surface area (TPSA) is 75.4 Å². The number of aryl methyl sites for hydroxylation is 1. The van der Waals surface area contributed by atoms with E-state index in [0.29, 0.717) is 29.8 Å². The quantitative estimate of drug-likeness (QED) is 0.810. The summed E-state index contributed by atoms with van der Waals surface area (Å²) in [5, 5.41) is 2.89. The van der Waals surface area contributed by atoms with Gasteiger partial charge < -0.3 is 16.0 Å². The fourth-order valence-corrected chi connectivity index (χ4v) is 3.18. The van der Waals surface area contributed by atoms with Gasteiger partial charge in [0, 0.05) is 36.4 Å². The van der Waals surface area contributed by atoms with Crippen molar-refractivity contribution in [2.75, 3.05) is 24.1 Å². The lowest BCUT2D eigenvalue weighted by molar-refractivity contribution is -0.116. The van der Waals surface area contributed by atoms with Crippen molar-refractivity contribution in [3.8, 4) is 0 Å². The normalized spacial score (nSPS) is 14.1. The van der Waals surface area contributed by atoms with Crippen LogP contribution in [0.1, 0.15) is 41.6 Å². The molecule has 1 fully saturated rings. The molecule has 0 radical (unpaired) electrons. The minimum Gasteiger partial charge on any atom is -0.399 e. The molecule has 0 aromatic heterocycles. The van der Waals surface area contributed by atoms with Crippen LogP contribution in [-0.4, -0.2) is 29.8 Å². The van der Waals surface area contributed by atoms with Crippen molar-refractivity contribution in [1.82, 2.24) is 4.90 Å². The van der Waals surface area contributed by atoms with Crippen LogP contribution < -0.4 is 11.1 Å². The molecule has 0 atom stereocenters. The van der Waals surface area contributed by atoms with Crippen LogP contribution in [0.5, 0.6) is 0 Å². The molecule has 2 aromatic carbocycles. The lowest BCUT2D eigenvalue weighted by Gasteiger charge is -2.26. The molecular weight excluding hydrogens is 326 g/mol. The highest BCUT2D eigenvalue weighted by molar-refractivity contribution is 5.97. The number of rotatable bonds is 5. The van der Waals surface area contributed by atoms with Crippen LogP contribution in [0.25, 0.3) is 0 Å². The van der Waals surface area contributed by atoms with Crippen molar-refractivity contribution in [3.05, 3.63) is 59.7 Å². The fourth-order valence-electron chi connectivity index (χ4n) is 3.18. The van der Waals surface area contributed by atoms with Crippen molar-refractivity contribution in [3.63, 3.8) is 0 Å². The van der Waals surface area contributed by atoms with E-state index in [0.717, 1.165) is 31.5 Å². The van der Waals surface area contributed by atoms with E-state index in [2.05, 4.69) is 5.32 Å². The Hall–Kier alpha value is -2.82. The first kappa shape index (κ1) is 18.0. The summed E-state index contributed by atoms with van der Waals surface area (Å²) < 4.78 is 0. The number of carbonyl (C=O) groups is 2. The highest BCUT2D eigenvalue weighted by atomic mass is 16.2. The molecule has 5 nitrogen and oxygen atoms in total. The van der Waals surface area contributed by atoms with Crippen molar-refractivity contribution in [2.45, 2.75) is 32.1 Å². The Morgan fingerprint density at radius 2 is 1.73 bits per heavy atom. The molecule has 1 aliphatic rings. The Kier molecular flexibility index (Phi) is 5.89. The summed E-state index contributed by atoms with van der Waals surface area (Å²) in [7, 11) is 0. The van der Waals surface area contributed by atoms with E-state index in [1.54, 1.807) is 12.1 Å². The van der Waals surface area contributed by atoms with Gasteiger partial charge in [-0.15, -0.1) is 0 Å². The Bertz CT molecular complexity index is 765. The van der Waals surface area contributed by atoms with E-state index in [1.807, 2.05) is 41.3 Å². The average molecular weight is 351 g/mol. The number of nitrogens with zero attached hydrogens (tertiary/aromatic N) is 1. The third-order valence-corrected chi connectivity index (χ3v) is 4.66. The lowest BCUT2D eigenvalue weighted by Crippen LogP contribution is -2.35. The summed E-state index contributed by atoms with van der Waals surface area (Å²) in [6, 6.07) is 14.7. The summed E-state index contributed by atoms with van der Waals surface area (Å²) in [6.45, 7) is 1.63. The first-order chi connectivity index (χ1) is 12.6. The molecule has 3 N–H and O–H groups in total. The van der Waals surface area contributed by atoms with Crippen molar-refractivity contribution >= 4 is 23.2 Å². The Morgan fingerprint density at radius 1 is 1.00 bits per heavy atom. The van der Waals surface area contributed by atoms with Crippen LogP contribution in [0.4, 0.5) is 11.4 Å². The number of nitrogen functional groups attached to an aromatic ring is 1. The molecule has 1 heterocycles. The molecule has 0 saturated carbocycles. The fraction of sp³-hybridized carbons (Fsp3) is 0.333. The maximum Gasteiger partial charge on any atom is 0.253 e. The van der Waals surface area contributed by atoms with Gasteiger partial charge in [-0.05, 0) is 61.6 Å². The van der Waals surface area contributed by atoms with Crippen molar-refractivity contribution < 1.29 is 9.59 Å². The average Bonchev–Trinajstić information content (AvgIpc) is 2.68. The molecule has 5 heteroatoms. The number of anilines is 2. The third-order valence-electron chi connectivity index (χ3n) is 4.66. The molecule has 2 aromatic rings. The molecular formula is C21H25N3O2. The highest BCUT2D eigenvalue weighted by Crippen LogP contribution is 2.17. The predicted octanol–water partition coefficient (Wildman–Crippen LogP) is 3.47. The van der Waals surface area contributed by atoms with Gasteiger partial charge in [0.25, 0.3) is 5.91 Å². The highest BCUT2D eigenvalue weighted by Gasteiger charge is 2.18. The molecule has 136 valence electrons. The Balaban J connectivity index is 1.56. The van der Waals surface area contributed by atoms with Crippen molar-refractivity contribution in [1.29, 1.82) is 0 Å². The minimum atomic E-state index is -0.0654. The molecule has 2 amide bonds. The number of amides is 2. The van der Waals surface area contributed by atoms with Gasteiger partial charge in [-0.2, -0.15) is 0 Å². The van der Waals surface area contributed by atoms with Gasteiger partial charge in [0.15, 0.2) is 0 Å². The van der Waals surface area contributed by atoms with Crippen LogP contribution in [-0.2, 0) is 11.2 Å². The van der Waals surface area contributed by atoms with E-state index < -0.39 is 0 Å². The molecule has 1 aliphatic heterocycles. The van der Waals surface area contributed by atoms with Gasteiger partial charge in [-0.1, -0.05) is 18.2 Å². The van der Waals surface area contributed by atoms with Crippen LogP contribution in [0.3, 0.4) is 0 Å². The minimum absolute atomic E-state index is 0.0441. The lowest BCUT2D eigenvalue weighted by atomic mass is 10.1. The van der Waals surface area contributed by atoms with Gasteiger partial charge in [-0.3, -0.25) is 9.59 Å². The van der Waals surface area contributed by atoms with Gasteiger partial charge in [0.2, 0.25) is 5.91 Å². The Labute approximate surface area is 154 Å². The van der Waals surface area contributed by atoms with Crippen LogP contribution in [0.15, 0.2) is 48.5 Å². The van der Waals surface area contributed by atoms with Crippen LogP contribution in [0.2, 0.25) is 0 Å². The SMILES string of the molecule is Nc1ccc(CCC(=O)Nc2cccc(C(=O)N3CCCCC3)c2)cc1. The summed E-state index contributed by atoms with van der Waals surface area (Å²) in [5.41, 5.74) is 8.75. The maximum atomic E-state index is 12.6. The zero-order valence-electron chi connectivity index (χ0n) is 14.9. The predicted molar refractivity (Wildman–Crippen MR) is 104 cm³/mol. The number of carbonyl (C=O) groups excluding carboxylic acids is 2. The van der Waals surface area contributed by atoms with Gasteiger partial charge in [-0.25, -0.2) is 0 Å². The zero-order valence-corrected chi connectivity index (χ0v) is 14.9. The first-order valence-electron chi connectivity index (χ1n) is 9.15. The van der Waals surface area contributed by atoms with Gasteiger partial charge in [0.05, 0.1) is 0 Å². The summed E-state index contributed by atoms with van der Waals surface area (Å²) >= 11 is 0. The number of piperidine rings is 1. The monoisotopic (exact) mass is 351 g/mol. The second-order valence-corrected chi connectivity index (χ2v) is 6.72. The summed E-state index contributed by atoms with van der Waals surface area (Å²) in [5.74, 6) is -0.0212. The number of hydrogen-bond acceptors (Lipinski definition) is 3. The van der Waals surface area contributed by atoms with E-state index in [-0.39, 0.29) is 11.8 Å². The van der Waals surface area contributed by atoms with Crippen molar-refractivity contribution in [2.24, 2.45) is 0 Å². The third kappa shape index (κ3) is 4.85. The standard InChI is InChI=1S/C21H25N3O2/c22-18-10-7-16(8-11-18)9-12-20(25)23-19-6-4-5-17(15-19)21(26)24-13-2-1-3-14-24/h4-8,10-11,15H,1-3,9,12-14,22H2,(H,23,25). The van der Waals surface area contributed by atoms with Crippen LogP contribution in [0, 0.1) is 0 Å². The van der Waals surface area contributed by atoms with Gasteiger partial charge in [0.1, 0.15) is 0 Å². The number of benzene rings is 2. The molecule has 0 bridgehead atoms. The number of nitrogens with two attached hydrogens (primary N) is 1. The number of hydrogen-bond donors (Lipinski definition) is 2. The van der Waals surface area contributed by atoms with E-state index >= 15 is 0 Å². The molecule has 26 heavy (non-hydrogen) atoms. The molecule has 0 unspecified atom stereocenters. The zero-order chi connectivity index (χ0) is 18.4. The maximum absolute atomic E-state index is 12.6. The number of nitrogens with one attached hydrogen (secondary N) is 1.